The lowest BCUT2D eigenvalue weighted by Crippen LogP contribution is -2.07. The van der Waals surface area contributed by atoms with Gasteiger partial charge in [-0.05, 0) is 17.7 Å². The second-order valence-corrected chi connectivity index (χ2v) is 4.68. The zero-order chi connectivity index (χ0) is 14.4. The standard InChI is InChI=1S/C17H16N2S/c1-3-8-14(4-2)13-19-17(20)12-11-16(18-19)15-9-6-5-7-10-15/h3-12H,1-2,13H2/b14-8+. The van der Waals surface area contributed by atoms with Gasteiger partial charge in [-0.25, -0.2) is 4.68 Å². The summed E-state index contributed by atoms with van der Waals surface area (Å²) in [6.07, 6.45) is 5.44. The zero-order valence-corrected chi connectivity index (χ0v) is 12.0. The minimum atomic E-state index is 0.592. The first kappa shape index (κ1) is 14.2. The van der Waals surface area contributed by atoms with Crippen LogP contribution in [0.5, 0.6) is 0 Å². The molecule has 20 heavy (non-hydrogen) atoms. The van der Waals surface area contributed by atoms with E-state index in [1.807, 2.05) is 48.5 Å². The van der Waals surface area contributed by atoms with E-state index < -0.39 is 0 Å². The van der Waals surface area contributed by atoms with Crippen molar-refractivity contribution in [3.63, 3.8) is 0 Å². The lowest BCUT2D eigenvalue weighted by molar-refractivity contribution is 0.658. The molecule has 3 heteroatoms. The van der Waals surface area contributed by atoms with Gasteiger partial charge in [-0.1, -0.05) is 73.9 Å². The van der Waals surface area contributed by atoms with Crippen LogP contribution < -0.4 is 0 Å². The van der Waals surface area contributed by atoms with Gasteiger partial charge in [0.2, 0.25) is 0 Å². The number of allylic oxidation sites excluding steroid dienone is 4. The fourth-order valence-corrected chi connectivity index (χ4v) is 2.01. The van der Waals surface area contributed by atoms with Crippen LogP contribution in [0.4, 0.5) is 0 Å². The van der Waals surface area contributed by atoms with Crippen LogP contribution in [0, 0.1) is 4.64 Å². The predicted molar refractivity (Wildman–Crippen MR) is 87.0 cm³/mol. The maximum Gasteiger partial charge on any atom is 0.123 e. The maximum atomic E-state index is 5.33. The fourth-order valence-electron chi connectivity index (χ4n) is 1.83. The minimum absolute atomic E-state index is 0.592. The van der Waals surface area contributed by atoms with Crippen LogP contribution in [0.3, 0.4) is 0 Å². The predicted octanol–water partition coefficient (Wildman–Crippen LogP) is 4.58. The zero-order valence-electron chi connectivity index (χ0n) is 11.2. The van der Waals surface area contributed by atoms with Crippen LogP contribution in [0.2, 0.25) is 0 Å². The highest BCUT2D eigenvalue weighted by Crippen LogP contribution is 2.16. The Morgan fingerprint density at radius 3 is 2.55 bits per heavy atom. The van der Waals surface area contributed by atoms with Gasteiger partial charge in [0.1, 0.15) is 4.64 Å². The molecule has 0 bridgehead atoms. The van der Waals surface area contributed by atoms with Crippen LogP contribution in [-0.4, -0.2) is 9.78 Å². The summed E-state index contributed by atoms with van der Waals surface area (Å²) in [6.45, 7) is 8.08. The summed E-state index contributed by atoms with van der Waals surface area (Å²) in [4.78, 5) is 0. The Labute approximate surface area is 124 Å². The summed E-state index contributed by atoms with van der Waals surface area (Å²) in [5.41, 5.74) is 3.00. The van der Waals surface area contributed by atoms with Crippen molar-refractivity contribution in [2.45, 2.75) is 6.54 Å². The summed E-state index contributed by atoms with van der Waals surface area (Å²) < 4.78 is 2.50. The molecule has 0 N–H and O–H groups in total. The number of nitrogens with zero attached hydrogens (tertiary/aromatic N) is 2. The highest BCUT2D eigenvalue weighted by molar-refractivity contribution is 7.71. The second kappa shape index (κ2) is 6.78. The lowest BCUT2D eigenvalue weighted by atomic mass is 10.1. The second-order valence-electron chi connectivity index (χ2n) is 4.26. The first-order chi connectivity index (χ1) is 9.74. The van der Waals surface area contributed by atoms with Gasteiger partial charge < -0.3 is 0 Å². The molecule has 0 saturated carbocycles. The Morgan fingerprint density at radius 1 is 1.15 bits per heavy atom. The maximum absolute atomic E-state index is 5.33. The van der Waals surface area contributed by atoms with Crippen LogP contribution in [0.15, 0.2) is 79.4 Å². The SMILES string of the molecule is C=C/C=C(\C=C)Cn1nc(-c2ccccc2)ccc1=S. The molecule has 2 rings (SSSR count). The third-order valence-electron chi connectivity index (χ3n) is 2.86. The molecule has 0 aliphatic heterocycles. The minimum Gasteiger partial charge on any atom is -0.250 e. The molecule has 0 radical (unpaired) electrons. The Morgan fingerprint density at radius 2 is 1.90 bits per heavy atom. The summed E-state index contributed by atoms with van der Waals surface area (Å²) in [7, 11) is 0. The van der Waals surface area contributed by atoms with Crippen LogP contribution in [-0.2, 0) is 6.54 Å². The number of hydrogen-bond donors (Lipinski definition) is 0. The highest BCUT2D eigenvalue weighted by Gasteiger charge is 2.02. The number of rotatable bonds is 5. The van der Waals surface area contributed by atoms with Gasteiger partial charge in [0, 0.05) is 5.56 Å². The topological polar surface area (TPSA) is 17.8 Å². The molecule has 2 nitrogen and oxygen atoms in total. The van der Waals surface area contributed by atoms with Crippen molar-refractivity contribution in [1.82, 2.24) is 9.78 Å². The van der Waals surface area contributed by atoms with Crippen molar-refractivity contribution in [3.05, 3.63) is 84.1 Å². The molecule has 0 fully saturated rings. The fraction of sp³-hybridized carbons (Fsp3) is 0.0588. The molecule has 0 unspecified atom stereocenters. The van der Waals surface area contributed by atoms with Crippen molar-refractivity contribution >= 4 is 12.2 Å². The monoisotopic (exact) mass is 280 g/mol. The van der Waals surface area contributed by atoms with E-state index in [0.29, 0.717) is 11.2 Å². The van der Waals surface area contributed by atoms with Crippen LogP contribution >= 0.6 is 12.2 Å². The largest absolute Gasteiger partial charge is 0.250 e. The average Bonchev–Trinajstić information content (AvgIpc) is 2.49. The highest BCUT2D eigenvalue weighted by atomic mass is 32.1. The Balaban J connectivity index is 2.40. The van der Waals surface area contributed by atoms with Gasteiger partial charge in [0.15, 0.2) is 0 Å². The van der Waals surface area contributed by atoms with E-state index in [2.05, 4.69) is 18.3 Å². The molecule has 0 amide bonds. The molecule has 1 aromatic heterocycles. The van der Waals surface area contributed by atoms with E-state index in [0.717, 1.165) is 16.8 Å². The quantitative estimate of drug-likeness (QED) is 0.589. The van der Waals surface area contributed by atoms with Crippen molar-refractivity contribution < 1.29 is 0 Å². The van der Waals surface area contributed by atoms with Crippen LogP contribution in [0.25, 0.3) is 11.3 Å². The van der Waals surface area contributed by atoms with E-state index in [1.165, 1.54) is 0 Å². The molecule has 1 aromatic carbocycles. The van der Waals surface area contributed by atoms with Crippen molar-refractivity contribution in [1.29, 1.82) is 0 Å². The van der Waals surface area contributed by atoms with Crippen molar-refractivity contribution in [2.24, 2.45) is 0 Å². The van der Waals surface area contributed by atoms with Gasteiger partial charge in [-0.3, -0.25) is 0 Å². The molecular weight excluding hydrogens is 264 g/mol. The Hall–Kier alpha value is -2.26. The first-order valence-electron chi connectivity index (χ1n) is 6.32. The van der Waals surface area contributed by atoms with Crippen LogP contribution in [0.1, 0.15) is 0 Å². The number of benzene rings is 1. The van der Waals surface area contributed by atoms with Crippen molar-refractivity contribution in [2.75, 3.05) is 0 Å². The number of hydrogen-bond acceptors (Lipinski definition) is 2. The normalized spacial score (nSPS) is 11.1. The summed E-state index contributed by atoms with van der Waals surface area (Å²) in [5, 5.41) is 4.60. The molecule has 0 saturated heterocycles. The number of aromatic nitrogens is 2. The summed E-state index contributed by atoms with van der Waals surface area (Å²) in [5.74, 6) is 0. The molecule has 100 valence electrons. The van der Waals surface area contributed by atoms with E-state index in [1.54, 1.807) is 16.8 Å². The molecule has 2 aromatic rings. The van der Waals surface area contributed by atoms with E-state index in [9.17, 15) is 0 Å². The van der Waals surface area contributed by atoms with Gasteiger partial charge >= 0.3 is 0 Å². The van der Waals surface area contributed by atoms with Gasteiger partial charge in [0.25, 0.3) is 0 Å². The Bertz CT molecular complexity index is 696. The molecule has 0 aliphatic rings. The molecule has 0 aliphatic carbocycles. The van der Waals surface area contributed by atoms with Gasteiger partial charge in [-0.2, -0.15) is 5.10 Å². The Kier molecular flexibility index (Phi) is 4.80. The third-order valence-corrected chi connectivity index (χ3v) is 3.21. The van der Waals surface area contributed by atoms with Crippen molar-refractivity contribution in [3.8, 4) is 11.3 Å². The van der Waals surface area contributed by atoms with E-state index in [-0.39, 0.29) is 0 Å². The molecular formula is C17H16N2S. The van der Waals surface area contributed by atoms with E-state index >= 15 is 0 Å². The smallest absolute Gasteiger partial charge is 0.123 e. The molecule has 0 atom stereocenters. The van der Waals surface area contributed by atoms with E-state index in [4.69, 9.17) is 12.2 Å². The van der Waals surface area contributed by atoms with Gasteiger partial charge in [0.05, 0.1) is 12.2 Å². The molecule has 0 spiro atoms. The third kappa shape index (κ3) is 3.39. The average molecular weight is 280 g/mol. The molecule has 1 heterocycles. The summed E-state index contributed by atoms with van der Waals surface area (Å²) in [6, 6.07) is 13.9. The summed E-state index contributed by atoms with van der Waals surface area (Å²) >= 11 is 5.33. The lowest BCUT2D eigenvalue weighted by Gasteiger charge is -2.09. The van der Waals surface area contributed by atoms with Gasteiger partial charge in [-0.15, -0.1) is 0 Å². The first-order valence-corrected chi connectivity index (χ1v) is 6.73.